The summed E-state index contributed by atoms with van der Waals surface area (Å²) >= 11 is 0. The van der Waals surface area contributed by atoms with Crippen molar-refractivity contribution < 1.29 is 4.74 Å². The lowest BCUT2D eigenvalue weighted by molar-refractivity contribution is 0.415. The standard InChI is InChI=1S/C14H16N2O/c1-16(2)14-9-6-12(10-15-14)11-4-7-13(17-3)8-5-11/h4-10H,1-3H3. The third-order valence-electron chi connectivity index (χ3n) is 2.63. The predicted molar refractivity (Wildman–Crippen MR) is 70.6 cm³/mol. The summed E-state index contributed by atoms with van der Waals surface area (Å²) in [6.07, 6.45) is 1.89. The molecule has 0 aliphatic heterocycles. The molecule has 0 amide bonds. The first-order valence-electron chi connectivity index (χ1n) is 5.48. The van der Waals surface area contributed by atoms with Gasteiger partial charge in [0.2, 0.25) is 0 Å². The van der Waals surface area contributed by atoms with Crippen molar-refractivity contribution in [3.05, 3.63) is 42.6 Å². The van der Waals surface area contributed by atoms with Crippen LogP contribution in [0, 0.1) is 0 Å². The summed E-state index contributed by atoms with van der Waals surface area (Å²) in [5.41, 5.74) is 2.25. The van der Waals surface area contributed by atoms with Gasteiger partial charge in [0, 0.05) is 25.9 Å². The predicted octanol–water partition coefficient (Wildman–Crippen LogP) is 2.82. The smallest absolute Gasteiger partial charge is 0.127 e. The Balaban J connectivity index is 2.26. The van der Waals surface area contributed by atoms with Crippen molar-refractivity contribution in [2.45, 2.75) is 0 Å². The third kappa shape index (κ3) is 2.56. The quantitative estimate of drug-likeness (QED) is 0.807. The lowest BCUT2D eigenvalue weighted by Gasteiger charge is -2.11. The Morgan fingerprint density at radius 1 is 0.941 bits per heavy atom. The molecule has 88 valence electrons. The van der Waals surface area contributed by atoms with Gasteiger partial charge in [-0.2, -0.15) is 0 Å². The average molecular weight is 228 g/mol. The zero-order valence-electron chi connectivity index (χ0n) is 10.3. The number of methoxy groups -OCH3 is 1. The van der Waals surface area contributed by atoms with Crippen molar-refractivity contribution in [2.75, 3.05) is 26.1 Å². The summed E-state index contributed by atoms with van der Waals surface area (Å²) in [5.74, 6) is 1.83. The number of anilines is 1. The first-order valence-corrected chi connectivity index (χ1v) is 5.48. The molecule has 2 aromatic rings. The van der Waals surface area contributed by atoms with Gasteiger partial charge < -0.3 is 9.64 Å². The molecule has 0 bridgehead atoms. The van der Waals surface area contributed by atoms with Gasteiger partial charge in [-0.1, -0.05) is 12.1 Å². The van der Waals surface area contributed by atoms with Crippen molar-refractivity contribution in [1.82, 2.24) is 4.98 Å². The monoisotopic (exact) mass is 228 g/mol. The lowest BCUT2D eigenvalue weighted by Crippen LogP contribution is -2.09. The van der Waals surface area contributed by atoms with Crippen LogP contribution in [0.3, 0.4) is 0 Å². The van der Waals surface area contributed by atoms with Crippen molar-refractivity contribution in [2.24, 2.45) is 0 Å². The molecule has 0 radical (unpaired) electrons. The Morgan fingerprint density at radius 3 is 2.06 bits per heavy atom. The summed E-state index contributed by atoms with van der Waals surface area (Å²) in [7, 11) is 5.63. The largest absolute Gasteiger partial charge is 0.497 e. The molecule has 1 aromatic heterocycles. The Kier molecular flexibility index (Phi) is 3.28. The van der Waals surface area contributed by atoms with Crippen molar-refractivity contribution in [3.8, 4) is 16.9 Å². The summed E-state index contributed by atoms with van der Waals surface area (Å²) in [4.78, 5) is 6.38. The number of aromatic nitrogens is 1. The molecule has 0 saturated heterocycles. The summed E-state index contributed by atoms with van der Waals surface area (Å²) < 4.78 is 5.13. The van der Waals surface area contributed by atoms with Gasteiger partial charge in [0.05, 0.1) is 7.11 Å². The van der Waals surface area contributed by atoms with Crippen LogP contribution in [-0.4, -0.2) is 26.2 Å². The summed E-state index contributed by atoms with van der Waals surface area (Å²) in [5, 5.41) is 0. The second-order valence-electron chi connectivity index (χ2n) is 4.03. The fourth-order valence-corrected chi connectivity index (χ4v) is 1.60. The van der Waals surface area contributed by atoms with Crippen LogP contribution in [0.2, 0.25) is 0 Å². The molecule has 3 heteroatoms. The van der Waals surface area contributed by atoms with Gasteiger partial charge in [0.25, 0.3) is 0 Å². The van der Waals surface area contributed by atoms with Crippen LogP contribution in [0.5, 0.6) is 5.75 Å². The number of nitrogens with zero attached hydrogens (tertiary/aromatic N) is 2. The Hall–Kier alpha value is -2.03. The number of hydrogen-bond donors (Lipinski definition) is 0. The van der Waals surface area contributed by atoms with Crippen molar-refractivity contribution in [3.63, 3.8) is 0 Å². The van der Waals surface area contributed by atoms with Gasteiger partial charge in [-0.15, -0.1) is 0 Å². The second-order valence-corrected chi connectivity index (χ2v) is 4.03. The van der Waals surface area contributed by atoms with Gasteiger partial charge in [0.15, 0.2) is 0 Å². The molecule has 0 atom stereocenters. The minimum atomic E-state index is 0.867. The molecule has 0 unspecified atom stereocenters. The molecular weight excluding hydrogens is 212 g/mol. The SMILES string of the molecule is COc1ccc(-c2ccc(N(C)C)nc2)cc1. The van der Waals surface area contributed by atoms with Crippen LogP contribution in [0.1, 0.15) is 0 Å². The number of benzene rings is 1. The molecule has 1 heterocycles. The highest BCUT2D eigenvalue weighted by Crippen LogP contribution is 2.22. The van der Waals surface area contributed by atoms with Crippen LogP contribution < -0.4 is 9.64 Å². The normalized spacial score (nSPS) is 10.1. The van der Waals surface area contributed by atoms with E-state index in [0.717, 1.165) is 22.7 Å². The highest BCUT2D eigenvalue weighted by molar-refractivity contribution is 5.64. The summed E-state index contributed by atoms with van der Waals surface area (Å²) in [6, 6.07) is 12.1. The first kappa shape index (κ1) is 11.5. The van der Waals surface area contributed by atoms with E-state index in [1.165, 1.54) is 0 Å². The van der Waals surface area contributed by atoms with Crippen molar-refractivity contribution in [1.29, 1.82) is 0 Å². The van der Waals surface area contributed by atoms with Crippen LogP contribution in [-0.2, 0) is 0 Å². The van der Waals surface area contributed by atoms with Crippen molar-refractivity contribution >= 4 is 5.82 Å². The van der Waals surface area contributed by atoms with Crippen LogP contribution >= 0.6 is 0 Å². The molecule has 2 rings (SSSR count). The van der Waals surface area contributed by atoms with E-state index in [2.05, 4.69) is 11.1 Å². The van der Waals surface area contributed by atoms with Crippen LogP contribution in [0.25, 0.3) is 11.1 Å². The van der Waals surface area contributed by atoms with E-state index in [1.54, 1.807) is 7.11 Å². The molecule has 3 nitrogen and oxygen atoms in total. The molecule has 0 N–H and O–H groups in total. The highest BCUT2D eigenvalue weighted by atomic mass is 16.5. The molecule has 0 fully saturated rings. The number of pyridine rings is 1. The van der Waals surface area contributed by atoms with Gasteiger partial charge in [-0.3, -0.25) is 0 Å². The van der Waals surface area contributed by atoms with E-state index in [9.17, 15) is 0 Å². The number of rotatable bonds is 3. The van der Waals surface area contributed by atoms with E-state index < -0.39 is 0 Å². The Labute approximate surface area is 102 Å². The third-order valence-corrected chi connectivity index (χ3v) is 2.63. The average Bonchev–Trinajstić information content (AvgIpc) is 2.39. The van der Waals surface area contributed by atoms with Gasteiger partial charge in [0.1, 0.15) is 11.6 Å². The second kappa shape index (κ2) is 4.87. The maximum absolute atomic E-state index is 5.13. The van der Waals surface area contributed by atoms with Crippen LogP contribution in [0.4, 0.5) is 5.82 Å². The first-order chi connectivity index (χ1) is 8.20. The molecule has 0 saturated carbocycles. The van der Waals surface area contributed by atoms with E-state index in [1.807, 2.05) is 55.5 Å². The fourth-order valence-electron chi connectivity index (χ4n) is 1.60. The fraction of sp³-hybridized carbons (Fsp3) is 0.214. The maximum atomic E-state index is 5.13. The molecular formula is C14H16N2O. The molecule has 17 heavy (non-hydrogen) atoms. The van der Waals surface area contributed by atoms with E-state index in [0.29, 0.717) is 0 Å². The Bertz CT molecular complexity index is 475. The number of hydrogen-bond acceptors (Lipinski definition) is 3. The zero-order chi connectivity index (χ0) is 12.3. The van der Waals surface area contributed by atoms with Gasteiger partial charge in [-0.25, -0.2) is 4.98 Å². The van der Waals surface area contributed by atoms with Gasteiger partial charge in [-0.05, 0) is 29.8 Å². The minimum Gasteiger partial charge on any atom is -0.497 e. The van der Waals surface area contributed by atoms with E-state index >= 15 is 0 Å². The number of ether oxygens (including phenoxy) is 1. The molecule has 0 aliphatic carbocycles. The van der Waals surface area contributed by atoms with E-state index in [-0.39, 0.29) is 0 Å². The molecule has 1 aromatic carbocycles. The molecule has 0 aliphatic rings. The topological polar surface area (TPSA) is 25.4 Å². The molecule has 0 spiro atoms. The van der Waals surface area contributed by atoms with E-state index in [4.69, 9.17) is 4.74 Å². The zero-order valence-corrected chi connectivity index (χ0v) is 10.3. The minimum absolute atomic E-state index is 0.867. The van der Waals surface area contributed by atoms with Crippen LogP contribution in [0.15, 0.2) is 42.6 Å². The lowest BCUT2D eigenvalue weighted by atomic mass is 10.1. The summed E-state index contributed by atoms with van der Waals surface area (Å²) in [6.45, 7) is 0. The highest BCUT2D eigenvalue weighted by Gasteiger charge is 2.00. The maximum Gasteiger partial charge on any atom is 0.127 e. The van der Waals surface area contributed by atoms with Gasteiger partial charge >= 0.3 is 0 Å². The Morgan fingerprint density at radius 2 is 1.59 bits per heavy atom.